The number of piperazine rings is 1. The van der Waals surface area contributed by atoms with Gasteiger partial charge in [0.1, 0.15) is 5.82 Å². The lowest BCUT2D eigenvalue weighted by Crippen LogP contribution is -2.56. The number of carbonyl (C=O) groups is 2. The molecule has 98 valence electrons. The van der Waals surface area contributed by atoms with Crippen molar-refractivity contribution in [3.63, 3.8) is 0 Å². The summed E-state index contributed by atoms with van der Waals surface area (Å²) in [6, 6.07) is 5.28. The van der Waals surface area contributed by atoms with Gasteiger partial charge in [0.2, 0.25) is 11.8 Å². The zero-order valence-electron chi connectivity index (χ0n) is 10.3. The standard InChI is InChI=1S/C13H12FN3O2/c1-8-13(19)17(12(18)6-16-8)7-10-4-9(5-15)2-3-11(10)14/h2-4,8,16H,6-7H2,1H3. The second-order valence-corrected chi connectivity index (χ2v) is 4.34. The average Bonchev–Trinajstić information content (AvgIpc) is 2.41. The number of halogens is 1. The summed E-state index contributed by atoms with van der Waals surface area (Å²) in [5.74, 6) is -1.33. The maximum absolute atomic E-state index is 13.6. The molecule has 1 atom stereocenters. The smallest absolute Gasteiger partial charge is 0.246 e. The predicted octanol–water partition coefficient (Wildman–Crippen LogP) is 0.544. The fourth-order valence-corrected chi connectivity index (χ4v) is 1.88. The molecular weight excluding hydrogens is 249 g/mol. The van der Waals surface area contributed by atoms with Crippen LogP contribution in [-0.2, 0) is 16.1 Å². The molecule has 0 saturated carbocycles. The zero-order valence-corrected chi connectivity index (χ0v) is 10.3. The Morgan fingerprint density at radius 1 is 1.53 bits per heavy atom. The van der Waals surface area contributed by atoms with Crippen LogP contribution in [0.25, 0.3) is 0 Å². The summed E-state index contributed by atoms with van der Waals surface area (Å²) in [5.41, 5.74) is 0.453. The van der Waals surface area contributed by atoms with Crippen molar-refractivity contribution in [2.75, 3.05) is 6.54 Å². The largest absolute Gasteiger partial charge is 0.298 e. The van der Waals surface area contributed by atoms with Crippen molar-refractivity contribution < 1.29 is 14.0 Å². The second-order valence-electron chi connectivity index (χ2n) is 4.34. The molecule has 1 N–H and O–H groups in total. The van der Waals surface area contributed by atoms with E-state index in [1.165, 1.54) is 12.1 Å². The van der Waals surface area contributed by atoms with Gasteiger partial charge in [-0.3, -0.25) is 19.8 Å². The van der Waals surface area contributed by atoms with Crippen molar-refractivity contribution in [2.45, 2.75) is 19.5 Å². The molecule has 2 rings (SSSR count). The Hall–Kier alpha value is -2.26. The highest BCUT2D eigenvalue weighted by Crippen LogP contribution is 2.15. The molecule has 5 nitrogen and oxygen atoms in total. The number of nitrogens with zero attached hydrogens (tertiary/aromatic N) is 2. The fraction of sp³-hybridized carbons (Fsp3) is 0.308. The first kappa shape index (κ1) is 13.2. The Morgan fingerprint density at radius 3 is 2.95 bits per heavy atom. The van der Waals surface area contributed by atoms with Crippen molar-refractivity contribution in [3.8, 4) is 6.07 Å². The van der Waals surface area contributed by atoms with Crippen LogP contribution in [0.4, 0.5) is 4.39 Å². The van der Waals surface area contributed by atoms with Crippen molar-refractivity contribution >= 4 is 11.8 Å². The van der Waals surface area contributed by atoms with E-state index in [0.717, 1.165) is 11.0 Å². The van der Waals surface area contributed by atoms with Crippen molar-refractivity contribution in [3.05, 3.63) is 35.1 Å². The molecule has 1 fully saturated rings. The van der Waals surface area contributed by atoms with Crippen LogP contribution >= 0.6 is 0 Å². The summed E-state index contributed by atoms with van der Waals surface area (Å²) >= 11 is 0. The van der Waals surface area contributed by atoms with Gasteiger partial charge < -0.3 is 0 Å². The molecule has 0 spiro atoms. The summed E-state index contributed by atoms with van der Waals surface area (Å²) < 4.78 is 13.6. The third-order valence-corrected chi connectivity index (χ3v) is 3.00. The van der Waals surface area contributed by atoms with Gasteiger partial charge in [0.25, 0.3) is 0 Å². The van der Waals surface area contributed by atoms with E-state index in [9.17, 15) is 14.0 Å². The molecule has 1 aromatic carbocycles. The number of nitriles is 1. The van der Waals surface area contributed by atoms with E-state index in [2.05, 4.69) is 5.32 Å². The highest BCUT2D eigenvalue weighted by Gasteiger charge is 2.31. The number of rotatable bonds is 2. The Morgan fingerprint density at radius 2 is 2.26 bits per heavy atom. The van der Waals surface area contributed by atoms with Crippen LogP contribution < -0.4 is 5.32 Å². The molecule has 0 aromatic heterocycles. The molecule has 0 radical (unpaired) electrons. The lowest BCUT2D eigenvalue weighted by atomic mass is 10.1. The first-order valence-electron chi connectivity index (χ1n) is 5.79. The minimum Gasteiger partial charge on any atom is -0.298 e. The minimum atomic E-state index is -0.536. The molecule has 0 bridgehead atoms. The summed E-state index contributed by atoms with van der Waals surface area (Å²) in [7, 11) is 0. The van der Waals surface area contributed by atoms with Gasteiger partial charge in [-0.1, -0.05) is 0 Å². The number of nitrogens with one attached hydrogen (secondary N) is 1. The van der Waals surface area contributed by atoms with Crippen LogP contribution in [0.2, 0.25) is 0 Å². The molecule has 0 aliphatic carbocycles. The van der Waals surface area contributed by atoms with Crippen LogP contribution in [0.5, 0.6) is 0 Å². The molecule has 1 heterocycles. The SMILES string of the molecule is CC1NCC(=O)N(Cc2cc(C#N)ccc2F)C1=O. The fourth-order valence-electron chi connectivity index (χ4n) is 1.88. The van der Waals surface area contributed by atoms with Crippen LogP contribution in [0.3, 0.4) is 0 Å². The van der Waals surface area contributed by atoms with E-state index in [4.69, 9.17) is 5.26 Å². The molecule has 1 aliphatic heterocycles. The molecule has 19 heavy (non-hydrogen) atoms. The Balaban J connectivity index is 2.27. The molecular formula is C13H12FN3O2. The number of benzene rings is 1. The van der Waals surface area contributed by atoms with E-state index in [-0.39, 0.29) is 18.7 Å². The van der Waals surface area contributed by atoms with Gasteiger partial charge >= 0.3 is 0 Å². The second kappa shape index (κ2) is 5.16. The summed E-state index contributed by atoms with van der Waals surface area (Å²) in [6.07, 6.45) is 0. The Kier molecular flexibility index (Phi) is 3.58. The molecule has 2 amide bonds. The Bertz CT molecular complexity index is 580. The lowest BCUT2D eigenvalue weighted by Gasteiger charge is -2.29. The van der Waals surface area contributed by atoms with E-state index in [0.29, 0.717) is 5.56 Å². The number of carbonyl (C=O) groups excluding carboxylic acids is 2. The van der Waals surface area contributed by atoms with E-state index < -0.39 is 23.7 Å². The normalized spacial score (nSPS) is 19.4. The van der Waals surface area contributed by atoms with Crippen LogP contribution in [-0.4, -0.2) is 29.3 Å². The van der Waals surface area contributed by atoms with E-state index >= 15 is 0 Å². The maximum Gasteiger partial charge on any atom is 0.246 e. The number of hydrogen-bond donors (Lipinski definition) is 1. The number of hydrogen-bond acceptors (Lipinski definition) is 4. The van der Waals surface area contributed by atoms with Crippen LogP contribution in [0, 0.1) is 17.1 Å². The van der Waals surface area contributed by atoms with Gasteiger partial charge in [0.05, 0.1) is 30.8 Å². The third-order valence-electron chi connectivity index (χ3n) is 3.00. The topological polar surface area (TPSA) is 73.2 Å². The lowest BCUT2D eigenvalue weighted by molar-refractivity contribution is -0.149. The molecule has 1 aromatic rings. The van der Waals surface area contributed by atoms with Crippen molar-refractivity contribution in [1.82, 2.24) is 10.2 Å². The van der Waals surface area contributed by atoms with Gasteiger partial charge in [-0.15, -0.1) is 0 Å². The van der Waals surface area contributed by atoms with Crippen molar-refractivity contribution in [2.24, 2.45) is 0 Å². The maximum atomic E-state index is 13.6. The van der Waals surface area contributed by atoms with E-state index in [1.807, 2.05) is 6.07 Å². The number of amides is 2. The summed E-state index contributed by atoms with van der Waals surface area (Å²) in [5, 5.41) is 11.5. The highest BCUT2D eigenvalue weighted by molar-refractivity contribution is 6.00. The first-order valence-corrected chi connectivity index (χ1v) is 5.79. The summed E-state index contributed by atoms with van der Waals surface area (Å²) in [6.45, 7) is 1.54. The van der Waals surface area contributed by atoms with Crippen LogP contribution in [0.15, 0.2) is 18.2 Å². The van der Waals surface area contributed by atoms with Gasteiger partial charge in [-0.2, -0.15) is 5.26 Å². The predicted molar refractivity (Wildman–Crippen MR) is 64.1 cm³/mol. The van der Waals surface area contributed by atoms with Gasteiger partial charge in [0.15, 0.2) is 0 Å². The minimum absolute atomic E-state index is 0.0481. The Labute approximate surface area is 109 Å². The quantitative estimate of drug-likeness (QED) is 0.789. The average molecular weight is 261 g/mol. The van der Waals surface area contributed by atoms with E-state index in [1.54, 1.807) is 6.92 Å². The molecule has 1 unspecified atom stereocenters. The third kappa shape index (κ3) is 2.61. The van der Waals surface area contributed by atoms with Crippen LogP contribution in [0.1, 0.15) is 18.1 Å². The van der Waals surface area contributed by atoms with Crippen molar-refractivity contribution in [1.29, 1.82) is 5.26 Å². The van der Waals surface area contributed by atoms with Gasteiger partial charge in [-0.25, -0.2) is 4.39 Å². The van der Waals surface area contributed by atoms with Gasteiger partial charge in [0, 0.05) is 5.56 Å². The zero-order chi connectivity index (χ0) is 14.0. The highest BCUT2D eigenvalue weighted by atomic mass is 19.1. The number of imide groups is 1. The monoisotopic (exact) mass is 261 g/mol. The molecule has 1 saturated heterocycles. The van der Waals surface area contributed by atoms with Gasteiger partial charge in [-0.05, 0) is 25.1 Å². The molecule has 6 heteroatoms. The first-order chi connectivity index (χ1) is 9.02. The summed E-state index contributed by atoms with van der Waals surface area (Å²) in [4.78, 5) is 24.6. The molecule has 1 aliphatic rings.